The Labute approximate surface area is 121 Å². The van der Waals surface area contributed by atoms with Gasteiger partial charge in [0.05, 0.1) is 6.10 Å². The highest BCUT2D eigenvalue weighted by molar-refractivity contribution is 5.78. The van der Waals surface area contributed by atoms with Crippen molar-refractivity contribution in [3.05, 3.63) is 29.3 Å². The maximum Gasteiger partial charge on any atom is 0.260 e. The third kappa shape index (κ3) is 4.85. The summed E-state index contributed by atoms with van der Waals surface area (Å²) in [4.78, 5) is 13.8. The van der Waals surface area contributed by atoms with Crippen molar-refractivity contribution >= 4 is 5.91 Å². The lowest BCUT2D eigenvalue weighted by Crippen LogP contribution is -2.43. The number of aliphatic hydroxyl groups excluding tert-OH is 1. The Morgan fingerprint density at radius 3 is 2.45 bits per heavy atom. The van der Waals surface area contributed by atoms with Crippen LogP contribution in [0.1, 0.15) is 31.9 Å². The van der Waals surface area contributed by atoms with E-state index in [-0.39, 0.29) is 18.6 Å². The zero-order chi connectivity index (χ0) is 15.3. The molecule has 0 aliphatic rings. The molecule has 0 fully saturated rings. The molecular weight excluding hydrogens is 254 g/mol. The number of amides is 1. The Balaban J connectivity index is 2.65. The van der Waals surface area contributed by atoms with Gasteiger partial charge in [0, 0.05) is 12.6 Å². The molecule has 1 atom stereocenters. The first-order valence-electron chi connectivity index (χ1n) is 6.99. The van der Waals surface area contributed by atoms with Gasteiger partial charge in [0.2, 0.25) is 0 Å². The molecule has 0 spiro atoms. The second kappa shape index (κ2) is 7.29. The third-order valence-electron chi connectivity index (χ3n) is 3.09. The van der Waals surface area contributed by atoms with Crippen LogP contribution < -0.4 is 4.74 Å². The number of aliphatic hydroxyl groups is 1. The summed E-state index contributed by atoms with van der Waals surface area (Å²) in [6, 6.07) is 5.91. The van der Waals surface area contributed by atoms with Gasteiger partial charge in [-0.1, -0.05) is 17.7 Å². The average Bonchev–Trinajstić information content (AvgIpc) is 2.34. The van der Waals surface area contributed by atoms with Crippen molar-refractivity contribution in [1.82, 2.24) is 4.90 Å². The molecule has 1 rings (SSSR count). The van der Waals surface area contributed by atoms with Crippen molar-refractivity contribution in [2.75, 3.05) is 13.2 Å². The summed E-state index contributed by atoms with van der Waals surface area (Å²) in [6.45, 7) is 9.83. The molecule has 4 nitrogen and oxygen atoms in total. The molecular formula is C16H25NO3. The van der Waals surface area contributed by atoms with E-state index in [9.17, 15) is 9.90 Å². The first kappa shape index (κ1) is 16.5. The monoisotopic (exact) mass is 279 g/mol. The first-order valence-corrected chi connectivity index (χ1v) is 6.99. The molecule has 0 heterocycles. The zero-order valence-corrected chi connectivity index (χ0v) is 13.0. The van der Waals surface area contributed by atoms with E-state index in [1.807, 2.05) is 45.9 Å². The zero-order valence-electron chi connectivity index (χ0n) is 13.0. The SMILES string of the molecule is Cc1ccc(OCC(=O)N(CC(C)O)C(C)C)c(C)c1. The second-order valence-corrected chi connectivity index (χ2v) is 5.55. The number of benzene rings is 1. The number of nitrogens with zero attached hydrogens (tertiary/aromatic N) is 1. The highest BCUT2D eigenvalue weighted by Gasteiger charge is 2.19. The quantitative estimate of drug-likeness (QED) is 0.869. The van der Waals surface area contributed by atoms with E-state index in [4.69, 9.17) is 4.74 Å². The van der Waals surface area contributed by atoms with Crippen molar-refractivity contribution in [2.45, 2.75) is 46.8 Å². The lowest BCUT2D eigenvalue weighted by Gasteiger charge is -2.28. The van der Waals surface area contributed by atoms with E-state index >= 15 is 0 Å². The lowest BCUT2D eigenvalue weighted by atomic mass is 10.1. The van der Waals surface area contributed by atoms with Gasteiger partial charge >= 0.3 is 0 Å². The molecule has 0 aliphatic heterocycles. The van der Waals surface area contributed by atoms with Gasteiger partial charge in [-0.05, 0) is 46.2 Å². The summed E-state index contributed by atoms with van der Waals surface area (Å²) in [7, 11) is 0. The highest BCUT2D eigenvalue weighted by Crippen LogP contribution is 2.18. The molecule has 0 radical (unpaired) electrons. The van der Waals surface area contributed by atoms with E-state index in [1.54, 1.807) is 11.8 Å². The second-order valence-electron chi connectivity index (χ2n) is 5.55. The first-order chi connectivity index (χ1) is 9.31. The van der Waals surface area contributed by atoms with Crippen LogP contribution >= 0.6 is 0 Å². The van der Waals surface area contributed by atoms with Gasteiger partial charge in [-0.25, -0.2) is 0 Å². The van der Waals surface area contributed by atoms with Crippen molar-refractivity contribution < 1.29 is 14.6 Å². The van der Waals surface area contributed by atoms with Crippen molar-refractivity contribution in [2.24, 2.45) is 0 Å². The van der Waals surface area contributed by atoms with E-state index in [0.717, 1.165) is 11.3 Å². The summed E-state index contributed by atoms with van der Waals surface area (Å²) in [5.74, 6) is 0.616. The summed E-state index contributed by atoms with van der Waals surface area (Å²) in [6.07, 6.45) is -0.539. The normalized spacial score (nSPS) is 12.3. The standard InChI is InChI=1S/C16H25NO3/c1-11(2)17(9-14(5)18)16(19)10-20-15-7-6-12(3)8-13(15)4/h6-8,11,14,18H,9-10H2,1-5H3. The number of carbonyl (C=O) groups is 1. The predicted octanol–water partition coefficient (Wildman–Crippen LogP) is 2.30. The smallest absolute Gasteiger partial charge is 0.260 e. The Hall–Kier alpha value is -1.55. The van der Waals surface area contributed by atoms with E-state index in [0.29, 0.717) is 6.54 Å². The largest absolute Gasteiger partial charge is 0.484 e. The predicted molar refractivity (Wildman–Crippen MR) is 79.9 cm³/mol. The molecule has 1 aromatic carbocycles. The lowest BCUT2D eigenvalue weighted by molar-refractivity contribution is -0.136. The Kier molecular flexibility index (Phi) is 6.02. The Morgan fingerprint density at radius 2 is 1.95 bits per heavy atom. The molecule has 112 valence electrons. The average molecular weight is 279 g/mol. The molecule has 0 bridgehead atoms. The van der Waals surface area contributed by atoms with Crippen LogP contribution in [-0.4, -0.2) is 41.2 Å². The highest BCUT2D eigenvalue weighted by atomic mass is 16.5. The van der Waals surface area contributed by atoms with Gasteiger partial charge in [-0.15, -0.1) is 0 Å². The van der Waals surface area contributed by atoms with Crippen molar-refractivity contribution in [3.8, 4) is 5.75 Å². The van der Waals surface area contributed by atoms with Crippen molar-refractivity contribution in [3.63, 3.8) is 0 Å². The van der Waals surface area contributed by atoms with Crippen LogP contribution in [0, 0.1) is 13.8 Å². The van der Waals surface area contributed by atoms with Crippen LogP contribution in [0.5, 0.6) is 5.75 Å². The third-order valence-corrected chi connectivity index (χ3v) is 3.09. The summed E-state index contributed by atoms with van der Waals surface area (Å²) in [5, 5.41) is 9.45. The van der Waals surface area contributed by atoms with Gasteiger partial charge in [-0.2, -0.15) is 0 Å². The van der Waals surface area contributed by atoms with Crippen molar-refractivity contribution in [1.29, 1.82) is 0 Å². The number of hydrogen-bond donors (Lipinski definition) is 1. The molecule has 1 amide bonds. The topological polar surface area (TPSA) is 49.8 Å². The van der Waals surface area contributed by atoms with Gasteiger partial charge in [-0.3, -0.25) is 4.79 Å². The van der Waals surface area contributed by atoms with Gasteiger partial charge < -0.3 is 14.7 Å². The number of rotatable bonds is 6. The van der Waals surface area contributed by atoms with Gasteiger partial charge in [0.25, 0.3) is 5.91 Å². The van der Waals surface area contributed by atoms with E-state index in [1.165, 1.54) is 5.56 Å². The molecule has 1 N–H and O–H groups in total. The minimum Gasteiger partial charge on any atom is -0.484 e. The van der Waals surface area contributed by atoms with E-state index in [2.05, 4.69) is 0 Å². The van der Waals surface area contributed by atoms with E-state index < -0.39 is 6.10 Å². The summed E-state index contributed by atoms with van der Waals surface area (Å²) >= 11 is 0. The van der Waals surface area contributed by atoms with Gasteiger partial charge in [0.15, 0.2) is 6.61 Å². The fraction of sp³-hybridized carbons (Fsp3) is 0.562. The molecule has 0 saturated heterocycles. The summed E-state index contributed by atoms with van der Waals surface area (Å²) in [5.41, 5.74) is 2.18. The molecule has 4 heteroatoms. The number of aryl methyl sites for hydroxylation is 2. The van der Waals surface area contributed by atoms with Crippen LogP contribution in [0.2, 0.25) is 0 Å². The van der Waals surface area contributed by atoms with Crippen LogP contribution in [0.25, 0.3) is 0 Å². The van der Waals surface area contributed by atoms with Gasteiger partial charge in [0.1, 0.15) is 5.75 Å². The summed E-state index contributed by atoms with van der Waals surface area (Å²) < 4.78 is 5.59. The maximum absolute atomic E-state index is 12.2. The fourth-order valence-corrected chi connectivity index (χ4v) is 2.07. The Bertz CT molecular complexity index is 455. The molecule has 20 heavy (non-hydrogen) atoms. The number of ether oxygens (including phenoxy) is 1. The minimum atomic E-state index is -0.539. The van der Waals surface area contributed by atoms with Crippen LogP contribution in [0.4, 0.5) is 0 Å². The number of hydrogen-bond acceptors (Lipinski definition) is 3. The molecule has 0 aliphatic carbocycles. The molecule has 0 saturated carbocycles. The van der Waals surface area contributed by atoms with Crippen LogP contribution in [0.15, 0.2) is 18.2 Å². The maximum atomic E-state index is 12.2. The molecule has 1 unspecified atom stereocenters. The molecule has 0 aromatic heterocycles. The van der Waals surface area contributed by atoms with Crippen LogP contribution in [-0.2, 0) is 4.79 Å². The van der Waals surface area contributed by atoms with Crippen LogP contribution in [0.3, 0.4) is 0 Å². The Morgan fingerprint density at radius 1 is 1.30 bits per heavy atom. The molecule has 1 aromatic rings. The minimum absolute atomic E-state index is 0.00516. The fourth-order valence-electron chi connectivity index (χ4n) is 2.07. The number of carbonyl (C=O) groups excluding carboxylic acids is 1.